The number of benzene rings is 1. The molecule has 94 valence electrons. The van der Waals surface area contributed by atoms with Gasteiger partial charge >= 0.3 is 0 Å². The maximum atomic E-state index is 13.5. The van der Waals surface area contributed by atoms with Gasteiger partial charge in [0.25, 0.3) is 0 Å². The number of methoxy groups -OCH3 is 1. The highest BCUT2D eigenvalue weighted by atomic mass is 79.9. The van der Waals surface area contributed by atoms with E-state index in [0.29, 0.717) is 11.5 Å². The van der Waals surface area contributed by atoms with Crippen LogP contribution >= 0.6 is 15.9 Å². The largest absolute Gasteiger partial charge is 0.494 e. The molecule has 0 radical (unpaired) electrons. The van der Waals surface area contributed by atoms with Crippen molar-refractivity contribution < 1.29 is 9.13 Å². The van der Waals surface area contributed by atoms with Crippen LogP contribution in [0.1, 0.15) is 5.69 Å². The maximum Gasteiger partial charge on any atom is 0.167 e. The summed E-state index contributed by atoms with van der Waals surface area (Å²) in [5.74, 6) is 0.483. The van der Waals surface area contributed by atoms with E-state index in [2.05, 4.69) is 26.2 Å². The van der Waals surface area contributed by atoms with E-state index in [0.717, 1.165) is 10.2 Å². The number of hydrogen-bond acceptors (Lipinski definition) is 3. The topological polar surface area (TPSA) is 34.1 Å². The van der Waals surface area contributed by atoms with Crippen LogP contribution in [0.15, 0.2) is 34.8 Å². The number of aryl methyl sites for hydroxylation is 1. The van der Waals surface area contributed by atoms with E-state index in [1.54, 1.807) is 12.1 Å². The van der Waals surface area contributed by atoms with Gasteiger partial charge in [-0.2, -0.15) is 0 Å². The lowest BCUT2D eigenvalue weighted by Gasteiger charge is -2.08. The van der Waals surface area contributed by atoms with Gasteiger partial charge in [0.15, 0.2) is 11.6 Å². The highest BCUT2D eigenvalue weighted by Gasteiger charge is 2.04. The highest BCUT2D eigenvalue weighted by Crippen LogP contribution is 2.24. The van der Waals surface area contributed by atoms with Gasteiger partial charge in [-0.05, 0) is 47.1 Å². The Hall–Kier alpha value is -1.62. The van der Waals surface area contributed by atoms with Gasteiger partial charge < -0.3 is 10.1 Å². The minimum absolute atomic E-state index is 0.223. The van der Waals surface area contributed by atoms with E-state index >= 15 is 0 Å². The molecule has 0 unspecified atom stereocenters. The fraction of sp³-hybridized carbons (Fsp3) is 0.154. The van der Waals surface area contributed by atoms with E-state index in [1.165, 1.54) is 13.2 Å². The molecule has 2 rings (SSSR count). The van der Waals surface area contributed by atoms with Crippen molar-refractivity contribution in [2.24, 2.45) is 0 Å². The predicted molar refractivity (Wildman–Crippen MR) is 72.9 cm³/mol. The zero-order valence-corrected chi connectivity index (χ0v) is 11.6. The molecule has 0 aliphatic carbocycles. The molecule has 0 saturated carbocycles. The Balaban J connectivity index is 2.23. The molecule has 1 heterocycles. The Morgan fingerprint density at radius 3 is 2.67 bits per heavy atom. The van der Waals surface area contributed by atoms with Crippen LogP contribution in [0.25, 0.3) is 0 Å². The van der Waals surface area contributed by atoms with Crippen molar-refractivity contribution >= 4 is 27.4 Å². The number of ether oxygens (including phenoxy) is 1. The highest BCUT2D eigenvalue weighted by molar-refractivity contribution is 9.10. The molecule has 0 aliphatic heterocycles. The number of rotatable bonds is 3. The molecule has 0 spiro atoms. The van der Waals surface area contributed by atoms with Crippen LogP contribution in [-0.2, 0) is 0 Å². The van der Waals surface area contributed by atoms with Crippen LogP contribution in [0, 0.1) is 12.7 Å². The molecule has 5 heteroatoms. The van der Waals surface area contributed by atoms with Crippen LogP contribution in [0.3, 0.4) is 0 Å². The van der Waals surface area contributed by atoms with Crippen LogP contribution < -0.4 is 10.1 Å². The third kappa shape index (κ3) is 2.79. The standard InChI is InChI=1S/C13H12BrFN2O/c1-8-10(14)4-6-13(16-8)17-9-3-5-12(18-2)11(15)7-9/h3-7H,1-2H3,(H,16,17). The molecule has 0 amide bonds. The van der Waals surface area contributed by atoms with Gasteiger partial charge in [0.1, 0.15) is 5.82 Å². The van der Waals surface area contributed by atoms with Crippen molar-refractivity contribution in [3.8, 4) is 5.75 Å². The van der Waals surface area contributed by atoms with Gasteiger partial charge in [0.05, 0.1) is 12.8 Å². The summed E-state index contributed by atoms with van der Waals surface area (Å²) in [4.78, 5) is 4.33. The van der Waals surface area contributed by atoms with E-state index < -0.39 is 5.82 Å². The van der Waals surface area contributed by atoms with Gasteiger partial charge in [-0.25, -0.2) is 9.37 Å². The summed E-state index contributed by atoms with van der Waals surface area (Å²) in [5, 5.41) is 3.04. The van der Waals surface area contributed by atoms with Gasteiger partial charge in [-0.15, -0.1) is 0 Å². The second-order valence-electron chi connectivity index (χ2n) is 3.74. The SMILES string of the molecule is COc1ccc(Nc2ccc(Br)c(C)n2)cc1F. The Morgan fingerprint density at radius 1 is 1.28 bits per heavy atom. The summed E-state index contributed by atoms with van der Waals surface area (Å²) in [5.41, 5.74) is 1.50. The Morgan fingerprint density at radius 2 is 2.06 bits per heavy atom. The van der Waals surface area contributed by atoms with Crippen LogP contribution in [0.2, 0.25) is 0 Å². The number of aromatic nitrogens is 1. The third-order valence-electron chi connectivity index (χ3n) is 2.45. The van der Waals surface area contributed by atoms with Crippen LogP contribution in [0.4, 0.5) is 15.9 Å². The molecule has 1 N–H and O–H groups in total. The number of nitrogens with one attached hydrogen (secondary N) is 1. The Kier molecular flexibility index (Phi) is 3.81. The van der Waals surface area contributed by atoms with E-state index in [9.17, 15) is 4.39 Å². The van der Waals surface area contributed by atoms with E-state index in [4.69, 9.17) is 4.74 Å². The monoisotopic (exact) mass is 310 g/mol. The molecule has 0 aliphatic rings. The van der Waals surface area contributed by atoms with Crippen molar-refractivity contribution in [3.05, 3.63) is 46.3 Å². The van der Waals surface area contributed by atoms with Crippen LogP contribution in [0.5, 0.6) is 5.75 Å². The molecule has 1 aromatic heterocycles. The second-order valence-corrected chi connectivity index (χ2v) is 4.59. The zero-order valence-electron chi connectivity index (χ0n) is 10.00. The zero-order chi connectivity index (χ0) is 13.1. The molecule has 3 nitrogen and oxygen atoms in total. The average molecular weight is 311 g/mol. The predicted octanol–water partition coefficient (Wildman–Crippen LogP) is 4.04. The summed E-state index contributed by atoms with van der Waals surface area (Å²) in [6.45, 7) is 1.89. The molecule has 0 saturated heterocycles. The van der Waals surface area contributed by atoms with Gasteiger partial charge in [0, 0.05) is 16.2 Å². The molecule has 0 bridgehead atoms. The molecular weight excluding hydrogens is 299 g/mol. The number of anilines is 2. The first-order valence-corrected chi connectivity index (χ1v) is 6.13. The first-order valence-electron chi connectivity index (χ1n) is 5.34. The van der Waals surface area contributed by atoms with E-state index in [-0.39, 0.29) is 5.75 Å². The van der Waals surface area contributed by atoms with Crippen molar-refractivity contribution in [3.63, 3.8) is 0 Å². The summed E-state index contributed by atoms with van der Waals surface area (Å²) in [7, 11) is 1.44. The summed E-state index contributed by atoms with van der Waals surface area (Å²) >= 11 is 3.38. The normalized spacial score (nSPS) is 10.2. The molecular formula is C13H12BrFN2O. The quantitative estimate of drug-likeness (QED) is 0.929. The van der Waals surface area contributed by atoms with Crippen molar-refractivity contribution in [1.29, 1.82) is 0 Å². The number of pyridine rings is 1. The van der Waals surface area contributed by atoms with Crippen molar-refractivity contribution in [2.75, 3.05) is 12.4 Å². The maximum absolute atomic E-state index is 13.5. The van der Waals surface area contributed by atoms with Crippen molar-refractivity contribution in [1.82, 2.24) is 4.98 Å². The summed E-state index contributed by atoms with van der Waals surface area (Å²) in [6.07, 6.45) is 0. The Labute approximate surface area is 113 Å². The average Bonchev–Trinajstić information content (AvgIpc) is 2.34. The lowest BCUT2D eigenvalue weighted by atomic mass is 10.3. The lowest BCUT2D eigenvalue weighted by molar-refractivity contribution is 0.386. The number of nitrogens with zero attached hydrogens (tertiary/aromatic N) is 1. The fourth-order valence-electron chi connectivity index (χ4n) is 1.51. The minimum atomic E-state index is -0.406. The summed E-state index contributed by atoms with van der Waals surface area (Å²) in [6, 6.07) is 8.39. The smallest absolute Gasteiger partial charge is 0.167 e. The van der Waals surface area contributed by atoms with Crippen molar-refractivity contribution in [2.45, 2.75) is 6.92 Å². The van der Waals surface area contributed by atoms with Crippen LogP contribution in [-0.4, -0.2) is 12.1 Å². The van der Waals surface area contributed by atoms with Gasteiger partial charge in [0.2, 0.25) is 0 Å². The molecule has 1 aromatic carbocycles. The second kappa shape index (κ2) is 5.35. The number of halogens is 2. The fourth-order valence-corrected chi connectivity index (χ4v) is 1.73. The molecule has 0 fully saturated rings. The minimum Gasteiger partial charge on any atom is -0.494 e. The van der Waals surface area contributed by atoms with E-state index in [1.807, 2.05) is 19.1 Å². The Bertz CT molecular complexity index is 575. The number of hydrogen-bond donors (Lipinski definition) is 1. The molecule has 0 atom stereocenters. The summed E-state index contributed by atoms with van der Waals surface area (Å²) < 4.78 is 19.3. The first kappa shape index (κ1) is 12.8. The van der Waals surface area contributed by atoms with Gasteiger partial charge in [-0.1, -0.05) is 0 Å². The molecule has 18 heavy (non-hydrogen) atoms. The molecule has 2 aromatic rings. The third-order valence-corrected chi connectivity index (χ3v) is 3.28. The van der Waals surface area contributed by atoms with Gasteiger partial charge in [-0.3, -0.25) is 0 Å². The first-order chi connectivity index (χ1) is 8.60. The lowest BCUT2D eigenvalue weighted by Crippen LogP contribution is -1.96.